The van der Waals surface area contributed by atoms with E-state index in [1.807, 2.05) is 18.7 Å². The molecule has 1 aromatic rings. The molecule has 0 aliphatic carbocycles. The number of hydrogen-bond acceptors (Lipinski definition) is 5. The Morgan fingerprint density at radius 3 is 2.52 bits per heavy atom. The lowest BCUT2D eigenvalue weighted by atomic mass is 9.83. The Morgan fingerprint density at radius 2 is 1.84 bits per heavy atom. The molecule has 3 heterocycles. The zero-order valence-electron chi connectivity index (χ0n) is 19.2. The molecular weight excluding hydrogens is 392 g/mol. The fourth-order valence-electron chi connectivity index (χ4n) is 5.04. The van der Waals surface area contributed by atoms with Gasteiger partial charge in [0.1, 0.15) is 12.4 Å². The smallest absolute Gasteiger partial charge is 0.248 e. The Labute approximate surface area is 186 Å². The van der Waals surface area contributed by atoms with Gasteiger partial charge < -0.3 is 19.1 Å². The van der Waals surface area contributed by atoms with Crippen molar-refractivity contribution in [1.29, 1.82) is 0 Å². The predicted molar refractivity (Wildman–Crippen MR) is 120 cm³/mol. The van der Waals surface area contributed by atoms with Crippen LogP contribution in [0, 0.1) is 0 Å². The summed E-state index contributed by atoms with van der Waals surface area (Å²) < 4.78 is 18.1. The van der Waals surface area contributed by atoms with Crippen LogP contribution in [-0.4, -0.2) is 72.9 Å². The zero-order valence-corrected chi connectivity index (χ0v) is 19.2. The summed E-state index contributed by atoms with van der Waals surface area (Å²) >= 11 is 0. The molecule has 6 heteroatoms. The van der Waals surface area contributed by atoms with Gasteiger partial charge in [-0.25, -0.2) is 0 Å². The molecule has 172 valence electrons. The first-order valence-electron chi connectivity index (χ1n) is 12.0. The summed E-state index contributed by atoms with van der Waals surface area (Å²) in [5.74, 6) is 1.08. The molecule has 3 aliphatic heterocycles. The third-order valence-electron chi connectivity index (χ3n) is 6.82. The van der Waals surface area contributed by atoms with Crippen molar-refractivity contribution < 1.29 is 19.0 Å². The quantitative estimate of drug-likeness (QED) is 0.661. The molecule has 0 N–H and O–H groups in total. The van der Waals surface area contributed by atoms with Crippen LogP contribution in [0.4, 0.5) is 0 Å². The van der Waals surface area contributed by atoms with Crippen LogP contribution in [0.3, 0.4) is 0 Å². The zero-order chi connectivity index (χ0) is 21.7. The van der Waals surface area contributed by atoms with Crippen molar-refractivity contribution in [3.05, 3.63) is 29.8 Å². The summed E-state index contributed by atoms with van der Waals surface area (Å²) in [5, 5.41) is 0. The van der Waals surface area contributed by atoms with E-state index in [1.54, 1.807) is 0 Å². The third-order valence-corrected chi connectivity index (χ3v) is 6.82. The van der Waals surface area contributed by atoms with Crippen molar-refractivity contribution in [3.8, 4) is 5.75 Å². The van der Waals surface area contributed by atoms with E-state index in [0.29, 0.717) is 0 Å². The molecule has 3 aliphatic rings. The summed E-state index contributed by atoms with van der Waals surface area (Å²) in [4.78, 5) is 16.7. The predicted octanol–water partition coefficient (Wildman–Crippen LogP) is 3.63. The maximum atomic E-state index is 12.3. The Morgan fingerprint density at radius 1 is 1.13 bits per heavy atom. The standard InChI is InChI=1S/C25H38N2O4/c1-20(2)31-22-7-5-21(6-8-22)18-26-14-10-25(11-15-26)17-23(9-16-30-25)29-19-24(28)27-12-3-4-13-27/h5-8,20,23H,3-4,9-19H2,1-2H3. The number of carbonyl (C=O) groups excluding carboxylic acids is 1. The number of nitrogens with zero attached hydrogens (tertiary/aromatic N) is 2. The van der Waals surface area contributed by atoms with Gasteiger partial charge in [-0.1, -0.05) is 12.1 Å². The van der Waals surface area contributed by atoms with E-state index in [4.69, 9.17) is 14.2 Å². The highest BCUT2D eigenvalue weighted by Gasteiger charge is 2.40. The molecule has 1 unspecified atom stereocenters. The van der Waals surface area contributed by atoms with E-state index in [0.717, 1.165) is 83.6 Å². The maximum Gasteiger partial charge on any atom is 0.248 e. The SMILES string of the molecule is CC(C)Oc1ccc(CN2CCC3(CC2)CC(OCC(=O)N2CCCC2)CCO3)cc1. The fraction of sp³-hybridized carbons (Fsp3) is 0.720. The molecule has 1 aromatic carbocycles. The number of carbonyl (C=O) groups is 1. The molecule has 0 aromatic heterocycles. The van der Waals surface area contributed by atoms with Crippen molar-refractivity contribution in [2.75, 3.05) is 39.4 Å². The van der Waals surface area contributed by atoms with Crippen LogP contribution < -0.4 is 4.74 Å². The second-order valence-electron chi connectivity index (χ2n) is 9.63. The van der Waals surface area contributed by atoms with Crippen LogP contribution in [0.2, 0.25) is 0 Å². The lowest BCUT2D eigenvalue weighted by Gasteiger charge is -2.46. The molecular formula is C25H38N2O4. The average Bonchev–Trinajstić information content (AvgIpc) is 3.30. The minimum Gasteiger partial charge on any atom is -0.491 e. The Hall–Kier alpha value is -1.63. The minimum absolute atomic E-state index is 0.0783. The highest BCUT2D eigenvalue weighted by molar-refractivity contribution is 5.77. The van der Waals surface area contributed by atoms with E-state index < -0.39 is 0 Å². The van der Waals surface area contributed by atoms with Crippen molar-refractivity contribution in [3.63, 3.8) is 0 Å². The Balaban J connectivity index is 1.22. The fourth-order valence-corrected chi connectivity index (χ4v) is 5.04. The summed E-state index contributed by atoms with van der Waals surface area (Å²) in [5.41, 5.74) is 1.24. The lowest BCUT2D eigenvalue weighted by molar-refractivity contribution is -0.163. The van der Waals surface area contributed by atoms with Crippen LogP contribution in [0.25, 0.3) is 0 Å². The van der Waals surface area contributed by atoms with Crippen LogP contribution in [0.1, 0.15) is 57.9 Å². The van der Waals surface area contributed by atoms with Gasteiger partial charge in [0.15, 0.2) is 0 Å². The number of rotatable bonds is 7. The molecule has 4 rings (SSSR count). The molecule has 3 fully saturated rings. The Bertz CT molecular complexity index is 707. The first kappa shape index (κ1) is 22.6. The van der Waals surface area contributed by atoms with Crippen LogP contribution in [0.5, 0.6) is 5.75 Å². The third kappa shape index (κ3) is 6.21. The highest BCUT2D eigenvalue weighted by Crippen LogP contribution is 2.36. The highest BCUT2D eigenvalue weighted by atomic mass is 16.5. The molecule has 1 atom stereocenters. The largest absolute Gasteiger partial charge is 0.491 e. The number of likely N-dealkylation sites (tertiary alicyclic amines) is 2. The van der Waals surface area contributed by atoms with Gasteiger partial charge in [0.05, 0.1) is 17.8 Å². The van der Waals surface area contributed by atoms with Crippen molar-refractivity contribution in [2.45, 2.75) is 76.7 Å². The van der Waals surface area contributed by atoms with Crippen molar-refractivity contribution >= 4 is 5.91 Å². The Kier molecular flexibility index (Phi) is 7.51. The normalized spacial score (nSPS) is 24.1. The number of benzene rings is 1. The van der Waals surface area contributed by atoms with Gasteiger partial charge in [-0.15, -0.1) is 0 Å². The van der Waals surface area contributed by atoms with Crippen LogP contribution in [0.15, 0.2) is 24.3 Å². The molecule has 1 spiro atoms. The topological polar surface area (TPSA) is 51.2 Å². The molecule has 0 radical (unpaired) electrons. The van der Waals surface area contributed by atoms with Gasteiger partial charge in [0.25, 0.3) is 0 Å². The van der Waals surface area contributed by atoms with Gasteiger partial charge in [-0.2, -0.15) is 0 Å². The number of hydrogen-bond donors (Lipinski definition) is 0. The molecule has 1 amide bonds. The van der Waals surface area contributed by atoms with E-state index in [-0.39, 0.29) is 30.3 Å². The molecule has 0 bridgehead atoms. The first-order chi connectivity index (χ1) is 15.0. The number of piperidine rings is 1. The van der Waals surface area contributed by atoms with E-state index >= 15 is 0 Å². The van der Waals surface area contributed by atoms with Gasteiger partial charge >= 0.3 is 0 Å². The minimum atomic E-state index is -0.0783. The number of ether oxygens (including phenoxy) is 3. The summed E-state index contributed by atoms with van der Waals surface area (Å²) in [6, 6.07) is 8.47. The second-order valence-corrected chi connectivity index (χ2v) is 9.63. The van der Waals surface area contributed by atoms with E-state index in [9.17, 15) is 4.79 Å². The molecule has 0 saturated carbocycles. The summed E-state index contributed by atoms with van der Waals surface area (Å²) in [6.45, 7) is 9.86. The maximum absolute atomic E-state index is 12.3. The van der Waals surface area contributed by atoms with Gasteiger partial charge in [0, 0.05) is 45.8 Å². The summed E-state index contributed by atoms with van der Waals surface area (Å²) in [6.07, 6.45) is 6.45. The molecule has 31 heavy (non-hydrogen) atoms. The van der Waals surface area contributed by atoms with Crippen LogP contribution >= 0.6 is 0 Å². The number of amides is 1. The first-order valence-corrected chi connectivity index (χ1v) is 12.0. The summed E-state index contributed by atoms with van der Waals surface area (Å²) in [7, 11) is 0. The van der Waals surface area contributed by atoms with Crippen molar-refractivity contribution in [2.24, 2.45) is 0 Å². The van der Waals surface area contributed by atoms with E-state index in [1.165, 1.54) is 5.56 Å². The van der Waals surface area contributed by atoms with Gasteiger partial charge in [0.2, 0.25) is 5.91 Å². The van der Waals surface area contributed by atoms with Crippen molar-refractivity contribution in [1.82, 2.24) is 9.80 Å². The average molecular weight is 431 g/mol. The van der Waals surface area contributed by atoms with Gasteiger partial charge in [-0.05, 0) is 63.6 Å². The van der Waals surface area contributed by atoms with Crippen LogP contribution in [-0.2, 0) is 20.8 Å². The monoisotopic (exact) mass is 430 g/mol. The molecule has 6 nitrogen and oxygen atoms in total. The lowest BCUT2D eigenvalue weighted by Crippen LogP contribution is -2.50. The molecule has 3 saturated heterocycles. The second kappa shape index (κ2) is 10.3. The van der Waals surface area contributed by atoms with E-state index in [2.05, 4.69) is 29.2 Å². The van der Waals surface area contributed by atoms with Gasteiger partial charge in [-0.3, -0.25) is 9.69 Å².